The summed E-state index contributed by atoms with van der Waals surface area (Å²) in [5, 5.41) is 9.80. The number of nitrogens with zero attached hydrogens (tertiary/aromatic N) is 5. The fraction of sp³-hybridized carbons (Fsp3) is 0.368. The van der Waals surface area contributed by atoms with Gasteiger partial charge in [-0.1, -0.05) is 0 Å². The van der Waals surface area contributed by atoms with Crippen molar-refractivity contribution in [3.63, 3.8) is 0 Å². The molecule has 0 unspecified atom stereocenters. The van der Waals surface area contributed by atoms with Gasteiger partial charge in [-0.3, -0.25) is 9.97 Å². The first-order valence-corrected chi connectivity index (χ1v) is 11.1. The predicted octanol–water partition coefficient (Wildman–Crippen LogP) is 2.14. The third-order valence-electron chi connectivity index (χ3n) is 5.25. The van der Waals surface area contributed by atoms with Crippen molar-refractivity contribution in [2.24, 2.45) is 0 Å². The molecule has 1 aliphatic heterocycles. The molecule has 3 aromatic rings. The molecule has 0 aromatic carbocycles. The third kappa shape index (κ3) is 4.07. The van der Waals surface area contributed by atoms with Crippen molar-refractivity contribution < 1.29 is 18.3 Å². The van der Waals surface area contributed by atoms with Crippen molar-refractivity contribution in [2.45, 2.75) is 30.2 Å². The lowest BCUT2D eigenvalue weighted by Crippen LogP contribution is -2.37. The third-order valence-corrected chi connectivity index (χ3v) is 6.33. The standard InChI is InChI=1S/C19H21N5O4S/c1-29(27,28)16-8-14-4-7-24(18(14)22-10-16)12-15-9-21-17(11-20-15)13-2-5-23(6-3-13)19(25)26/h4,7-11,13H,2-3,5-6,12H2,1H3,(H,25,26). The zero-order chi connectivity index (χ0) is 20.6. The van der Waals surface area contributed by atoms with Gasteiger partial charge in [0.15, 0.2) is 9.84 Å². The number of amides is 1. The molecule has 0 radical (unpaired) electrons. The van der Waals surface area contributed by atoms with Crippen LogP contribution in [-0.4, -0.2) is 63.4 Å². The largest absolute Gasteiger partial charge is 0.465 e. The Morgan fingerprint density at radius 2 is 1.93 bits per heavy atom. The van der Waals surface area contributed by atoms with E-state index in [9.17, 15) is 13.2 Å². The van der Waals surface area contributed by atoms with Crippen molar-refractivity contribution >= 4 is 27.0 Å². The number of likely N-dealkylation sites (tertiary alicyclic amines) is 1. The highest BCUT2D eigenvalue weighted by atomic mass is 32.2. The molecule has 4 heterocycles. The van der Waals surface area contributed by atoms with Crippen molar-refractivity contribution in [1.82, 2.24) is 24.4 Å². The second-order valence-corrected chi connectivity index (χ2v) is 9.29. The van der Waals surface area contributed by atoms with Crippen molar-refractivity contribution in [2.75, 3.05) is 19.3 Å². The van der Waals surface area contributed by atoms with Crippen LogP contribution in [0.4, 0.5) is 4.79 Å². The number of hydrogen-bond acceptors (Lipinski definition) is 6. The summed E-state index contributed by atoms with van der Waals surface area (Å²) in [5.74, 6) is 0.218. The van der Waals surface area contributed by atoms with Crippen LogP contribution in [0.25, 0.3) is 11.0 Å². The Labute approximate surface area is 168 Å². The van der Waals surface area contributed by atoms with E-state index in [1.54, 1.807) is 18.5 Å². The van der Waals surface area contributed by atoms with Crippen molar-refractivity contribution in [3.05, 3.63) is 48.3 Å². The summed E-state index contributed by atoms with van der Waals surface area (Å²) in [4.78, 5) is 26.0. The highest BCUT2D eigenvalue weighted by molar-refractivity contribution is 7.90. The Balaban J connectivity index is 1.47. The Morgan fingerprint density at radius 1 is 1.17 bits per heavy atom. The van der Waals surface area contributed by atoms with E-state index >= 15 is 0 Å². The molecule has 1 saturated heterocycles. The average Bonchev–Trinajstić information content (AvgIpc) is 3.10. The quantitative estimate of drug-likeness (QED) is 0.693. The molecular formula is C19H21N5O4S. The van der Waals surface area contributed by atoms with E-state index in [1.807, 2.05) is 16.8 Å². The van der Waals surface area contributed by atoms with E-state index in [4.69, 9.17) is 5.11 Å². The molecule has 0 atom stereocenters. The summed E-state index contributed by atoms with van der Waals surface area (Å²) < 4.78 is 25.3. The fourth-order valence-corrected chi connectivity index (χ4v) is 4.17. The van der Waals surface area contributed by atoms with Gasteiger partial charge in [-0.2, -0.15) is 0 Å². The zero-order valence-corrected chi connectivity index (χ0v) is 16.7. The lowest BCUT2D eigenvalue weighted by molar-refractivity contribution is 0.131. The predicted molar refractivity (Wildman–Crippen MR) is 106 cm³/mol. The lowest BCUT2D eigenvalue weighted by Gasteiger charge is -2.29. The Morgan fingerprint density at radius 3 is 2.55 bits per heavy atom. The maximum atomic E-state index is 11.7. The van der Waals surface area contributed by atoms with Crippen LogP contribution in [0.15, 0.2) is 41.8 Å². The number of pyridine rings is 1. The monoisotopic (exact) mass is 415 g/mol. The molecule has 152 valence electrons. The summed E-state index contributed by atoms with van der Waals surface area (Å²) in [7, 11) is -3.30. The number of hydrogen-bond donors (Lipinski definition) is 1. The van der Waals surface area contributed by atoms with Crippen LogP contribution in [0, 0.1) is 0 Å². The molecule has 0 bridgehead atoms. The number of carbonyl (C=O) groups is 1. The molecule has 4 rings (SSSR count). The SMILES string of the molecule is CS(=O)(=O)c1cnc2c(ccn2Cc2cnc(C3CCN(C(=O)O)CC3)cn2)c1. The lowest BCUT2D eigenvalue weighted by atomic mass is 9.94. The van der Waals surface area contributed by atoms with E-state index in [0.717, 1.165) is 35.9 Å². The van der Waals surface area contributed by atoms with Gasteiger partial charge in [0, 0.05) is 49.2 Å². The van der Waals surface area contributed by atoms with Gasteiger partial charge >= 0.3 is 6.09 Å². The number of sulfone groups is 1. The number of aromatic nitrogens is 4. The van der Waals surface area contributed by atoms with E-state index in [0.29, 0.717) is 25.3 Å². The smallest absolute Gasteiger partial charge is 0.407 e. The molecule has 9 nitrogen and oxygen atoms in total. The van der Waals surface area contributed by atoms with Crippen LogP contribution in [-0.2, 0) is 16.4 Å². The van der Waals surface area contributed by atoms with E-state index in [2.05, 4.69) is 15.0 Å². The minimum atomic E-state index is -3.30. The Kier molecular flexibility index (Phi) is 4.95. The Bertz CT molecular complexity index is 1150. The van der Waals surface area contributed by atoms with Gasteiger partial charge in [0.05, 0.1) is 29.0 Å². The van der Waals surface area contributed by atoms with E-state index in [1.165, 1.54) is 11.1 Å². The first kappa shape index (κ1) is 19.3. The number of piperidine rings is 1. The van der Waals surface area contributed by atoms with Gasteiger partial charge in [-0.15, -0.1) is 0 Å². The summed E-state index contributed by atoms with van der Waals surface area (Å²) in [6, 6.07) is 3.45. The molecule has 0 spiro atoms. The first-order valence-electron chi connectivity index (χ1n) is 9.25. The van der Waals surface area contributed by atoms with Gasteiger partial charge in [-0.05, 0) is 25.0 Å². The van der Waals surface area contributed by atoms with E-state index in [-0.39, 0.29) is 10.8 Å². The minimum absolute atomic E-state index is 0.195. The van der Waals surface area contributed by atoms with Crippen LogP contribution >= 0.6 is 0 Å². The van der Waals surface area contributed by atoms with Crippen molar-refractivity contribution in [1.29, 1.82) is 0 Å². The molecule has 29 heavy (non-hydrogen) atoms. The molecule has 1 amide bonds. The van der Waals surface area contributed by atoms with Crippen molar-refractivity contribution in [3.8, 4) is 0 Å². The molecule has 0 saturated carbocycles. The van der Waals surface area contributed by atoms with Gasteiger partial charge in [0.1, 0.15) is 5.65 Å². The molecule has 1 fully saturated rings. The maximum absolute atomic E-state index is 11.7. The summed E-state index contributed by atoms with van der Waals surface area (Å²) >= 11 is 0. The molecule has 0 aliphatic carbocycles. The zero-order valence-electron chi connectivity index (χ0n) is 15.9. The normalized spacial score (nSPS) is 15.7. The number of fused-ring (bicyclic) bond motifs is 1. The van der Waals surface area contributed by atoms with Crippen LogP contribution < -0.4 is 0 Å². The van der Waals surface area contributed by atoms with Gasteiger partial charge in [0.25, 0.3) is 0 Å². The van der Waals surface area contributed by atoms with Gasteiger partial charge in [-0.25, -0.2) is 18.2 Å². The van der Waals surface area contributed by atoms with Crippen LogP contribution in [0.5, 0.6) is 0 Å². The molecular weight excluding hydrogens is 394 g/mol. The highest BCUT2D eigenvalue weighted by Gasteiger charge is 2.24. The average molecular weight is 415 g/mol. The maximum Gasteiger partial charge on any atom is 0.407 e. The van der Waals surface area contributed by atoms with Gasteiger partial charge in [0.2, 0.25) is 0 Å². The molecule has 10 heteroatoms. The summed E-state index contributed by atoms with van der Waals surface area (Å²) in [6.45, 7) is 1.50. The first-order chi connectivity index (χ1) is 13.8. The van der Waals surface area contributed by atoms with Crippen LogP contribution in [0.1, 0.15) is 30.1 Å². The minimum Gasteiger partial charge on any atom is -0.465 e. The summed E-state index contributed by atoms with van der Waals surface area (Å²) in [6.07, 6.45) is 8.49. The second kappa shape index (κ2) is 7.43. The number of carboxylic acid groups (broad SMARTS) is 1. The van der Waals surface area contributed by atoms with Gasteiger partial charge < -0.3 is 14.6 Å². The van der Waals surface area contributed by atoms with Crippen LogP contribution in [0.3, 0.4) is 0 Å². The molecule has 1 N–H and O–H groups in total. The molecule has 3 aromatic heterocycles. The van der Waals surface area contributed by atoms with Crippen LogP contribution in [0.2, 0.25) is 0 Å². The van der Waals surface area contributed by atoms with E-state index < -0.39 is 15.9 Å². The molecule has 1 aliphatic rings. The Hall–Kier alpha value is -3.01. The number of rotatable bonds is 4. The fourth-order valence-electron chi connectivity index (χ4n) is 3.59. The second-order valence-electron chi connectivity index (χ2n) is 7.28. The highest BCUT2D eigenvalue weighted by Crippen LogP contribution is 2.26. The summed E-state index contributed by atoms with van der Waals surface area (Å²) in [5.41, 5.74) is 2.33. The topological polar surface area (TPSA) is 118 Å².